The van der Waals surface area contributed by atoms with E-state index in [1.807, 2.05) is 26.0 Å². The van der Waals surface area contributed by atoms with Crippen molar-refractivity contribution in [2.75, 3.05) is 7.11 Å². The van der Waals surface area contributed by atoms with Gasteiger partial charge < -0.3 is 9.72 Å². The van der Waals surface area contributed by atoms with E-state index in [1.165, 1.54) is 6.33 Å². The first-order chi connectivity index (χ1) is 11.1. The fourth-order valence-corrected chi connectivity index (χ4v) is 2.79. The monoisotopic (exact) mass is 307 g/mol. The number of fused-ring (bicyclic) bond motifs is 1. The number of hydrogen-bond acceptors (Lipinski definition) is 4. The maximum Gasteiger partial charge on any atom is 0.258 e. The third-order valence-corrected chi connectivity index (χ3v) is 3.94. The molecule has 0 fully saturated rings. The van der Waals surface area contributed by atoms with E-state index in [1.54, 1.807) is 19.3 Å². The third-order valence-electron chi connectivity index (χ3n) is 3.94. The molecule has 0 radical (unpaired) electrons. The van der Waals surface area contributed by atoms with Crippen molar-refractivity contribution in [1.29, 1.82) is 0 Å². The highest BCUT2D eigenvalue weighted by Gasteiger charge is 2.17. The highest BCUT2D eigenvalue weighted by molar-refractivity contribution is 5.93. The van der Waals surface area contributed by atoms with Gasteiger partial charge in [0.05, 0.1) is 30.2 Å². The zero-order valence-corrected chi connectivity index (χ0v) is 13.3. The van der Waals surface area contributed by atoms with Crippen LogP contribution in [0.5, 0.6) is 5.75 Å². The van der Waals surface area contributed by atoms with Crippen LogP contribution in [-0.4, -0.2) is 22.1 Å². The van der Waals surface area contributed by atoms with Crippen molar-refractivity contribution in [3.05, 3.63) is 58.3 Å². The van der Waals surface area contributed by atoms with Crippen LogP contribution in [0, 0.1) is 13.8 Å². The highest BCUT2D eigenvalue weighted by atomic mass is 16.5. The van der Waals surface area contributed by atoms with Gasteiger partial charge in [-0.05, 0) is 37.6 Å². The summed E-state index contributed by atoms with van der Waals surface area (Å²) in [5.74, 6) is 0.773. The molecule has 0 aliphatic carbocycles. The first-order valence-corrected chi connectivity index (χ1v) is 7.22. The number of H-pyrrole nitrogens is 1. The molecule has 23 heavy (non-hydrogen) atoms. The number of nitrogens with one attached hydrogen (secondary N) is 1. The Hall–Kier alpha value is -2.95. The van der Waals surface area contributed by atoms with Gasteiger partial charge in [0.2, 0.25) is 0 Å². The van der Waals surface area contributed by atoms with Crippen molar-refractivity contribution in [1.82, 2.24) is 15.0 Å². The lowest BCUT2D eigenvalue weighted by Gasteiger charge is -2.15. The fraction of sp³-hybridized carbons (Fsp3) is 0.167. The molecule has 3 rings (SSSR count). The van der Waals surface area contributed by atoms with E-state index in [2.05, 4.69) is 21.5 Å². The Labute approximate surface area is 133 Å². The molecule has 116 valence electrons. The van der Waals surface area contributed by atoms with Crippen LogP contribution in [0.3, 0.4) is 0 Å². The number of hydrogen-bond donors (Lipinski definition) is 1. The molecule has 5 nitrogen and oxygen atoms in total. The van der Waals surface area contributed by atoms with Gasteiger partial charge in [-0.2, -0.15) is 0 Å². The summed E-state index contributed by atoms with van der Waals surface area (Å²) in [5, 5.41) is 0.494. The van der Waals surface area contributed by atoms with Gasteiger partial charge in [0.1, 0.15) is 11.3 Å². The Morgan fingerprint density at radius 1 is 1.30 bits per heavy atom. The average molecular weight is 307 g/mol. The second-order valence-corrected chi connectivity index (χ2v) is 5.31. The normalized spacial score (nSPS) is 10.7. The van der Waals surface area contributed by atoms with Gasteiger partial charge in [-0.3, -0.25) is 4.79 Å². The first kappa shape index (κ1) is 15.0. The molecule has 0 aliphatic heterocycles. The maximum atomic E-state index is 12.1. The average Bonchev–Trinajstić information content (AvgIpc) is 2.55. The number of rotatable bonds is 3. The SMILES string of the molecule is C=Cc1cc2c(=O)[nH]cnc2c(-c2c(C)ccc(OC)c2C)n1. The van der Waals surface area contributed by atoms with Crippen molar-refractivity contribution in [3.8, 4) is 17.0 Å². The van der Waals surface area contributed by atoms with Crippen molar-refractivity contribution < 1.29 is 4.74 Å². The highest BCUT2D eigenvalue weighted by Crippen LogP contribution is 2.34. The minimum atomic E-state index is -0.194. The third kappa shape index (κ3) is 2.40. The molecule has 0 amide bonds. The lowest BCUT2D eigenvalue weighted by atomic mass is 9.97. The van der Waals surface area contributed by atoms with Crippen LogP contribution >= 0.6 is 0 Å². The zero-order valence-electron chi connectivity index (χ0n) is 13.3. The summed E-state index contributed by atoms with van der Waals surface area (Å²) in [7, 11) is 1.64. The molecule has 0 unspecified atom stereocenters. The van der Waals surface area contributed by atoms with Crippen LogP contribution < -0.4 is 10.3 Å². The molecule has 0 bridgehead atoms. The van der Waals surface area contributed by atoms with Gasteiger partial charge in [-0.25, -0.2) is 9.97 Å². The van der Waals surface area contributed by atoms with Crippen molar-refractivity contribution in [2.24, 2.45) is 0 Å². The molecular formula is C18H17N3O2. The maximum absolute atomic E-state index is 12.1. The quantitative estimate of drug-likeness (QED) is 0.806. The number of ether oxygens (including phenoxy) is 1. The van der Waals surface area contributed by atoms with E-state index < -0.39 is 0 Å². The van der Waals surface area contributed by atoms with Crippen LogP contribution in [0.2, 0.25) is 0 Å². The molecule has 1 aromatic carbocycles. The van der Waals surface area contributed by atoms with Crippen LogP contribution in [0.25, 0.3) is 28.2 Å². The molecule has 3 aromatic rings. The van der Waals surface area contributed by atoms with E-state index >= 15 is 0 Å². The number of aromatic amines is 1. The van der Waals surface area contributed by atoms with Gasteiger partial charge >= 0.3 is 0 Å². The predicted octanol–water partition coefficient (Wildman–Crippen LogP) is 3.25. The minimum Gasteiger partial charge on any atom is -0.496 e. The Morgan fingerprint density at radius 3 is 2.78 bits per heavy atom. The predicted molar refractivity (Wildman–Crippen MR) is 91.7 cm³/mol. The van der Waals surface area contributed by atoms with Crippen LogP contribution in [0.1, 0.15) is 16.8 Å². The van der Waals surface area contributed by atoms with Crippen molar-refractivity contribution in [2.45, 2.75) is 13.8 Å². The smallest absolute Gasteiger partial charge is 0.258 e. The van der Waals surface area contributed by atoms with Gasteiger partial charge in [-0.15, -0.1) is 0 Å². The van der Waals surface area contributed by atoms with E-state index in [0.717, 1.165) is 22.4 Å². The van der Waals surface area contributed by atoms with Crippen LogP contribution in [-0.2, 0) is 0 Å². The summed E-state index contributed by atoms with van der Waals surface area (Å²) < 4.78 is 5.42. The molecule has 2 aromatic heterocycles. The second kappa shape index (κ2) is 5.68. The Balaban J connectivity index is 2.48. The van der Waals surface area contributed by atoms with Gasteiger partial charge in [-0.1, -0.05) is 12.6 Å². The van der Waals surface area contributed by atoms with Gasteiger partial charge in [0, 0.05) is 11.1 Å². The Kier molecular flexibility index (Phi) is 3.70. The van der Waals surface area contributed by atoms with E-state index in [0.29, 0.717) is 22.3 Å². The van der Waals surface area contributed by atoms with Crippen LogP contribution in [0.4, 0.5) is 0 Å². The zero-order chi connectivity index (χ0) is 16.6. The van der Waals surface area contributed by atoms with Crippen molar-refractivity contribution in [3.63, 3.8) is 0 Å². The lowest BCUT2D eigenvalue weighted by Crippen LogP contribution is -2.09. The molecular weight excluding hydrogens is 290 g/mol. The Morgan fingerprint density at radius 2 is 2.09 bits per heavy atom. The minimum absolute atomic E-state index is 0.194. The lowest BCUT2D eigenvalue weighted by molar-refractivity contribution is 0.412. The summed E-state index contributed by atoms with van der Waals surface area (Å²) in [6.07, 6.45) is 3.02. The van der Waals surface area contributed by atoms with E-state index in [-0.39, 0.29) is 5.56 Å². The number of aromatic nitrogens is 3. The molecule has 0 spiro atoms. The number of methoxy groups -OCH3 is 1. The van der Waals surface area contributed by atoms with Crippen molar-refractivity contribution >= 4 is 17.0 Å². The first-order valence-electron chi connectivity index (χ1n) is 7.22. The molecule has 2 heterocycles. The fourth-order valence-electron chi connectivity index (χ4n) is 2.79. The second-order valence-electron chi connectivity index (χ2n) is 5.31. The van der Waals surface area contributed by atoms with E-state index in [9.17, 15) is 4.79 Å². The Bertz CT molecular complexity index is 974. The standard InChI is InChI=1S/C18H17N3O2/c1-5-12-8-13-16(19-9-20-18(13)22)17(21-12)15-10(2)6-7-14(23-4)11(15)3/h5-9H,1H2,2-4H3,(H,19,20,22). The van der Waals surface area contributed by atoms with E-state index in [4.69, 9.17) is 4.74 Å². The summed E-state index contributed by atoms with van der Waals surface area (Å²) in [5.41, 5.74) is 4.60. The molecule has 0 saturated carbocycles. The number of nitrogens with zero attached hydrogens (tertiary/aromatic N) is 2. The topological polar surface area (TPSA) is 67.9 Å². The molecule has 0 saturated heterocycles. The summed E-state index contributed by atoms with van der Waals surface area (Å²) >= 11 is 0. The molecule has 5 heteroatoms. The molecule has 0 atom stereocenters. The van der Waals surface area contributed by atoms with Gasteiger partial charge in [0.15, 0.2) is 0 Å². The molecule has 1 N–H and O–H groups in total. The summed E-state index contributed by atoms with van der Waals surface area (Å²) in [4.78, 5) is 23.7. The largest absolute Gasteiger partial charge is 0.496 e. The molecule has 0 aliphatic rings. The summed E-state index contributed by atoms with van der Waals surface area (Å²) in [6.45, 7) is 7.74. The number of benzene rings is 1. The van der Waals surface area contributed by atoms with Crippen LogP contribution in [0.15, 0.2) is 35.9 Å². The number of pyridine rings is 1. The van der Waals surface area contributed by atoms with Gasteiger partial charge in [0.25, 0.3) is 5.56 Å². The summed E-state index contributed by atoms with van der Waals surface area (Å²) in [6, 6.07) is 5.60. The number of aryl methyl sites for hydroxylation is 1.